The van der Waals surface area contributed by atoms with E-state index in [4.69, 9.17) is 4.74 Å². The van der Waals surface area contributed by atoms with Crippen molar-refractivity contribution in [3.63, 3.8) is 0 Å². The lowest BCUT2D eigenvalue weighted by atomic mass is 10.1. The third kappa shape index (κ3) is 5.29. The van der Waals surface area contributed by atoms with Crippen LogP contribution in [-0.2, 0) is 16.1 Å². The van der Waals surface area contributed by atoms with Gasteiger partial charge in [-0.2, -0.15) is 0 Å². The fourth-order valence-electron chi connectivity index (χ4n) is 3.53. The highest BCUT2D eigenvalue weighted by Gasteiger charge is 2.28. The van der Waals surface area contributed by atoms with Crippen LogP contribution < -0.4 is 15.4 Å². The van der Waals surface area contributed by atoms with Crippen molar-refractivity contribution in [2.45, 2.75) is 19.4 Å². The smallest absolute Gasteiger partial charge is 0.255 e. The number of methoxy groups -OCH3 is 1. The fourth-order valence-corrected chi connectivity index (χ4v) is 3.53. The van der Waals surface area contributed by atoms with Gasteiger partial charge < -0.3 is 15.4 Å². The van der Waals surface area contributed by atoms with Crippen LogP contribution in [0.2, 0.25) is 0 Å². The highest BCUT2D eigenvalue weighted by molar-refractivity contribution is 6.06. The summed E-state index contributed by atoms with van der Waals surface area (Å²) >= 11 is 0. The van der Waals surface area contributed by atoms with Gasteiger partial charge in [0.2, 0.25) is 11.8 Å². The molecule has 1 fully saturated rings. The zero-order valence-corrected chi connectivity index (χ0v) is 18.5. The Morgan fingerprint density at radius 3 is 1.65 bits per heavy atom. The first-order chi connectivity index (χ1) is 16.4. The summed E-state index contributed by atoms with van der Waals surface area (Å²) in [6, 6.07) is 20.3. The summed E-state index contributed by atoms with van der Waals surface area (Å²) in [4.78, 5) is 49.8. The number of anilines is 2. The Balaban J connectivity index is 1.33. The second-order valence-electron chi connectivity index (χ2n) is 7.78. The molecule has 0 aromatic heterocycles. The minimum absolute atomic E-state index is 0.173. The molecule has 0 atom stereocenters. The maximum Gasteiger partial charge on any atom is 0.255 e. The number of nitrogens with one attached hydrogen (secondary N) is 2. The summed E-state index contributed by atoms with van der Waals surface area (Å²) in [6.45, 7) is 0.208. The number of likely N-dealkylation sites (tertiary alicyclic amines) is 1. The third-order valence-electron chi connectivity index (χ3n) is 5.46. The third-order valence-corrected chi connectivity index (χ3v) is 5.46. The average molecular weight is 457 g/mol. The Hall–Kier alpha value is -4.46. The van der Waals surface area contributed by atoms with Gasteiger partial charge in [-0.3, -0.25) is 24.1 Å². The Kier molecular flexibility index (Phi) is 6.68. The lowest BCUT2D eigenvalue weighted by molar-refractivity contribution is -0.139. The molecule has 2 N–H and O–H groups in total. The van der Waals surface area contributed by atoms with Gasteiger partial charge in [0.25, 0.3) is 11.8 Å². The van der Waals surface area contributed by atoms with E-state index in [0.717, 1.165) is 5.56 Å². The van der Waals surface area contributed by atoms with Crippen LogP contribution in [0.4, 0.5) is 11.4 Å². The van der Waals surface area contributed by atoms with Crippen molar-refractivity contribution >= 4 is 35.0 Å². The summed E-state index contributed by atoms with van der Waals surface area (Å²) in [5.41, 5.74) is 2.84. The predicted octanol–water partition coefficient (Wildman–Crippen LogP) is 3.85. The quantitative estimate of drug-likeness (QED) is 0.525. The molecule has 1 aliphatic heterocycles. The number of rotatable bonds is 7. The SMILES string of the molecule is COc1ccc(NC(=O)c2ccc(NC(=O)c3ccc(CN4C(=O)CCC4=O)cc3)cc2)cc1. The standard InChI is InChI=1S/C26H23N3O5/c1-34-22-12-10-21(11-13-22)28-26(33)19-6-8-20(9-7-19)27-25(32)18-4-2-17(3-5-18)16-29-23(30)14-15-24(29)31/h2-13H,14-16H2,1H3,(H,27,32)(H,28,33). The molecular formula is C26H23N3O5. The minimum atomic E-state index is -0.310. The van der Waals surface area contributed by atoms with Crippen molar-refractivity contribution in [1.29, 1.82) is 0 Å². The van der Waals surface area contributed by atoms with Gasteiger partial charge >= 0.3 is 0 Å². The van der Waals surface area contributed by atoms with Crippen molar-refractivity contribution in [1.82, 2.24) is 4.90 Å². The maximum atomic E-state index is 12.6. The van der Waals surface area contributed by atoms with Gasteiger partial charge in [-0.25, -0.2) is 0 Å². The van der Waals surface area contributed by atoms with Crippen molar-refractivity contribution in [3.8, 4) is 5.75 Å². The number of hydrogen-bond donors (Lipinski definition) is 2. The molecule has 8 nitrogen and oxygen atoms in total. The van der Waals surface area contributed by atoms with E-state index in [9.17, 15) is 19.2 Å². The van der Waals surface area contributed by atoms with E-state index in [2.05, 4.69) is 10.6 Å². The molecule has 0 bridgehead atoms. The minimum Gasteiger partial charge on any atom is -0.497 e. The van der Waals surface area contributed by atoms with Crippen LogP contribution >= 0.6 is 0 Å². The molecule has 0 saturated carbocycles. The van der Waals surface area contributed by atoms with Gasteiger partial charge in [-0.05, 0) is 66.2 Å². The van der Waals surface area contributed by atoms with Crippen molar-refractivity contribution in [2.75, 3.05) is 17.7 Å². The zero-order chi connectivity index (χ0) is 24.1. The van der Waals surface area contributed by atoms with Gasteiger partial charge in [0.1, 0.15) is 5.75 Å². The first-order valence-corrected chi connectivity index (χ1v) is 10.7. The highest BCUT2D eigenvalue weighted by Crippen LogP contribution is 2.19. The molecule has 8 heteroatoms. The first-order valence-electron chi connectivity index (χ1n) is 10.7. The summed E-state index contributed by atoms with van der Waals surface area (Å²) in [6.07, 6.45) is 0.502. The predicted molar refractivity (Wildman–Crippen MR) is 127 cm³/mol. The van der Waals surface area contributed by atoms with E-state index < -0.39 is 0 Å². The Morgan fingerprint density at radius 1 is 0.735 bits per heavy atom. The van der Waals surface area contributed by atoms with Crippen LogP contribution in [0.1, 0.15) is 39.1 Å². The molecule has 4 amide bonds. The summed E-state index contributed by atoms with van der Waals surface area (Å²) < 4.78 is 5.10. The summed E-state index contributed by atoms with van der Waals surface area (Å²) in [7, 11) is 1.57. The molecule has 3 aromatic carbocycles. The van der Waals surface area contributed by atoms with E-state index in [1.807, 2.05) is 0 Å². The Labute approximate surface area is 196 Å². The number of benzene rings is 3. The van der Waals surface area contributed by atoms with E-state index in [0.29, 0.717) is 28.3 Å². The molecule has 0 radical (unpaired) electrons. The van der Waals surface area contributed by atoms with Crippen molar-refractivity contribution in [3.05, 3.63) is 89.5 Å². The van der Waals surface area contributed by atoms with Crippen LogP contribution in [0, 0.1) is 0 Å². The second kappa shape index (κ2) is 9.99. The number of carbonyl (C=O) groups excluding carboxylic acids is 4. The van der Waals surface area contributed by atoms with Crippen LogP contribution in [0.25, 0.3) is 0 Å². The van der Waals surface area contributed by atoms with Gasteiger partial charge in [0, 0.05) is 35.3 Å². The molecule has 0 unspecified atom stereocenters. The molecule has 0 spiro atoms. The average Bonchev–Trinajstić information content (AvgIpc) is 3.17. The zero-order valence-electron chi connectivity index (χ0n) is 18.5. The molecule has 0 aliphatic carbocycles. The Morgan fingerprint density at radius 2 is 1.18 bits per heavy atom. The van der Waals surface area contributed by atoms with Crippen molar-refractivity contribution in [2.24, 2.45) is 0 Å². The molecule has 1 saturated heterocycles. The number of hydrogen-bond acceptors (Lipinski definition) is 5. The number of imide groups is 1. The van der Waals surface area contributed by atoms with E-state index in [1.165, 1.54) is 4.90 Å². The molecule has 4 rings (SSSR count). The number of carbonyl (C=O) groups is 4. The largest absolute Gasteiger partial charge is 0.497 e. The number of amides is 4. The van der Waals surface area contributed by atoms with Gasteiger partial charge in [0.05, 0.1) is 13.7 Å². The van der Waals surface area contributed by atoms with Crippen LogP contribution in [0.3, 0.4) is 0 Å². The summed E-state index contributed by atoms with van der Waals surface area (Å²) in [5, 5.41) is 5.59. The van der Waals surface area contributed by atoms with Gasteiger partial charge in [-0.15, -0.1) is 0 Å². The molecule has 34 heavy (non-hydrogen) atoms. The van der Waals surface area contributed by atoms with E-state index >= 15 is 0 Å². The van der Waals surface area contributed by atoms with Crippen molar-refractivity contribution < 1.29 is 23.9 Å². The second-order valence-corrected chi connectivity index (χ2v) is 7.78. The van der Waals surface area contributed by atoms with Crippen LogP contribution in [-0.4, -0.2) is 35.6 Å². The lowest BCUT2D eigenvalue weighted by Gasteiger charge is -2.14. The van der Waals surface area contributed by atoms with E-state index in [1.54, 1.807) is 79.9 Å². The maximum absolute atomic E-state index is 12.6. The molecular weight excluding hydrogens is 434 g/mol. The van der Waals surface area contributed by atoms with E-state index in [-0.39, 0.29) is 43.0 Å². The normalized spacial score (nSPS) is 13.0. The van der Waals surface area contributed by atoms with Crippen LogP contribution in [0.15, 0.2) is 72.8 Å². The highest BCUT2D eigenvalue weighted by atomic mass is 16.5. The van der Waals surface area contributed by atoms with Gasteiger partial charge in [0.15, 0.2) is 0 Å². The molecule has 1 aliphatic rings. The van der Waals surface area contributed by atoms with Gasteiger partial charge in [-0.1, -0.05) is 12.1 Å². The lowest BCUT2D eigenvalue weighted by Crippen LogP contribution is -2.28. The first kappa shape index (κ1) is 22.7. The molecule has 1 heterocycles. The fraction of sp³-hybridized carbons (Fsp3) is 0.154. The van der Waals surface area contributed by atoms with Crippen LogP contribution in [0.5, 0.6) is 5.75 Å². The topological polar surface area (TPSA) is 105 Å². The molecule has 172 valence electrons. The monoisotopic (exact) mass is 457 g/mol. The Bertz CT molecular complexity index is 1200. The summed E-state index contributed by atoms with van der Waals surface area (Å²) in [5.74, 6) is -0.227. The number of ether oxygens (including phenoxy) is 1. The number of nitrogens with zero attached hydrogens (tertiary/aromatic N) is 1. The molecule has 3 aromatic rings.